The number of hydrogen-bond donors (Lipinski definition) is 2. The minimum Gasteiger partial charge on any atom is -0.459 e. The summed E-state index contributed by atoms with van der Waals surface area (Å²) in [5, 5.41) is 38.7. The molecule has 1 saturated carbocycles. The third kappa shape index (κ3) is 12.3. The van der Waals surface area contributed by atoms with Crippen molar-refractivity contribution in [3.8, 4) is 17.2 Å². The number of aliphatic hydroxyl groups excluding tert-OH is 2. The Kier molecular flexibility index (Phi) is 18.8. The number of nitro groups is 1. The van der Waals surface area contributed by atoms with Crippen LogP contribution in [0.3, 0.4) is 0 Å². The van der Waals surface area contributed by atoms with Crippen molar-refractivity contribution in [2.24, 2.45) is 22.9 Å². The van der Waals surface area contributed by atoms with E-state index in [9.17, 15) is 20.3 Å². The zero-order chi connectivity index (χ0) is 48.6. The first-order valence-electron chi connectivity index (χ1n) is 25.6. The molecule has 4 aromatic carbocycles. The Morgan fingerprint density at radius 1 is 0.884 bits per heavy atom. The quantitative estimate of drug-likeness (QED) is 0.0245. The molecule has 6 atom stereocenters. The fourth-order valence-corrected chi connectivity index (χ4v) is 11.3. The SMILES string of the molecule is C=CCO[C@@]12Oc3ccc(Oc4cccc([N+](=O)[O-])c4)cc3[C@H]3[C@H](CCCCO)[C@@H](CCCCO)C=C(C(=NOC)C[C@@H]1N(Cc1cccc4ccccc14)C(=O)CCCCCCCCCCC)[C@H]32. The molecule has 69 heavy (non-hydrogen) atoms. The third-order valence-electron chi connectivity index (χ3n) is 14.5. The van der Waals surface area contributed by atoms with Gasteiger partial charge in [0.15, 0.2) is 0 Å². The van der Waals surface area contributed by atoms with Crippen molar-refractivity contribution in [1.82, 2.24) is 4.90 Å². The molecule has 4 aromatic rings. The molecular formula is C57H73N3O9. The topological polar surface area (TPSA) is 153 Å². The number of nitro benzene ring substituents is 1. The molecule has 0 radical (unpaired) electrons. The van der Waals surface area contributed by atoms with Gasteiger partial charge in [-0.15, -0.1) is 6.58 Å². The Bertz CT molecular complexity index is 2390. The number of amides is 1. The second kappa shape index (κ2) is 25.3. The summed E-state index contributed by atoms with van der Waals surface area (Å²) in [6.45, 7) is 6.96. The predicted octanol–water partition coefficient (Wildman–Crippen LogP) is 12.8. The fourth-order valence-electron chi connectivity index (χ4n) is 11.3. The van der Waals surface area contributed by atoms with E-state index in [-0.39, 0.29) is 49.2 Å². The summed E-state index contributed by atoms with van der Waals surface area (Å²) >= 11 is 0. The highest BCUT2D eigenvalue weighted by molar-refractivity contribution is 6.03. The van der Waals surface area contributed by atoms with Crippen molar-refractivity contribution in [3.05, 3.63) is 130 Å². The Morgan fingerprint density at radius 3 is 2.33 bits per heavy atom. The smallest absolute Gasteiger partial charge is 0.273 e. The molecule has 7 rings (SSSR count). The van der Waals surface area contributed by atoms with Gasteiger partial charge in [0.25, 0.3) is 5.69 Å². The lowest BCUT2D eigenvalue weighted by atomic mass is 9.55. The summed E-state index contributed by atoms with van der Waals surface area (Å²) in [5.74, 6) is -0.669. The molecule has 1 heterocycles. The van der Waals surface area contributed by atoms with E-state index in [4.69, 9.17) is 24.2 Å². The summed E-state index contributed by atoms with van der Waals surface area (Å²) in [6.07, 6.45) is 19.4. The zero-order valence-corrected chi connectivity index (χ0v) is 40.8. The van der Waals surface area contributed by atoms with E-state index < -0.39 is 22.7 Å². The number of hydrogen-bond acceptors (Lipinski definition) is 10. The number of oxime groups is 1. The van der Waals surface area contributed by atoms with Crippen LogP contribution >= 0.6 is 0 Å². The van der Waals surface area contributed by atoms with Crippen LogP contribution in [0.15, 0.2) is 114 Å². The molecule has 370 valence electrons. The molecule has 0 bridgehead atoms. The maximum atomic E-state index is 15.4. The van der Waals surface area contributed by atoms with Gasteiger partial charge in [0, 0.05) is 50.1 Å². The summed E-state index contributed by atoms with van der Waals surface area (Å²) in [6, 6.07) is 25.7. The number of ether oxygens (including phenoxy) is 3. The average molecular weight is 944 g/mol. The van der Waals surface area contributed by atoms with E-state index in [0.29, 0.717) is 49.5 Å². The number of aliphatic hydroxyl groups is 2. The normalized spacial score (nSPS) is 22.0. The molecule has 1 amide bonds. The van der Waals surface area contributed by atoms with Crippen molar-refractivity contribution in [3.63, 3.8) is 0 Å². The van der Waals surface area contributed by atoms with Crippen molar-refractivity contribution >= 4 is 28.1 Å². The number of fused-ring (bicyclic) bond motifs is 3. The number of nitrogens with zero attached hydrogens (tertiary/aromatic N) is 3. The zero-order valence-electron chi connectivity index (χ0n) is 40.8. The Labute approximate surface area is 408 Å². The van der Waals surface area contributed by atoms with Gasteiger partial charge in [0.05, 0.1) is 29.2 Å². The van der Waals surface area contributed by atoms with E-state index in [0.717, 1.165) is 78.1 Å². The van der Waals surface area contributed by atoms with E-state index in [1.54, 1.807) is 25.3 Å². The van der Waals surface area contributed by atoms with E-state index in [1.165, 1.54) is 50.7 Å². The highest BCUT2D eigenvalue weighted by atomic mass is 16.7. The number of non-ortho nitro benzene ring substituents is 1. The Balaban J connectivity index is 1.37. The monoisotopic (exact) mass is 944 g/mol. The minimum atomic E-state index is -1.42. The van der Waals surface area contributed by atoms with Crippen LogP contribution in [0.4, 0.5) is 5.69 Å². The van der Waals surface area contributed by atoms with Gasteiger partial charge >= 0.3 is 0 Å². The van der Waals surface area contributed by atoms with Crippen LogP contribution in [0.1, 0.15) is 133 Å². The summed E-state index contributed by atoms with van der Waals surface area (Å²) in [4.78, 5) is 34.4. The maximum absolute atomic E-state index is 15.4. The number of benzene rings is 4. The van der Waals surface area contributed by atoms with Crippen molar-refractivity contribution in [2.75, 3.05) is 26.9 Å². The molecule has 12 heteroatoms. The Hall–Kier alpha value is -5.56. The van der Waals surface area contributed by atoms with Crippen LogP contribution in [0.5, 0.6) is 17.2 Å². The number of carbonyl (C=O) groups is 1. The molecule has 2 aliphatic carbocycles. The van der Waals surface area contributed by atoms with Crippen LogP contribution in [-0.2, 0) is 20.9 Å². The molecule has 0 aromatic heterocycles. The second-order valence-electron chi connectivity index (χ2n) is 19.1. The lowest BCUT2D eigenvalue weighted by Crippen LogP contribution is -2.70. The third-order valence-corrected chi connectivity index (χ3v) is 14.5. The molecule has 1 aliphatic heterocycles. The number of carbonyl (C=O) groups excluding carboxylic acids is 1. The largest absolute Gasteiger partial charge is 0.459 e. The first kappa shape index (κ1) is 51.3. The predicted molar refractivity (Wildman–Crippen MR) is 271 cm³/mol. The molecule has 12 nitrogen and oxygen atoms in total. The van der Waals surface area contributed by atoms with Crippen LogP contribution < -0.4 is 9.47 Å². The first-order chi connectivity index (χ1) is 33.8. The molecule has 0 unspecified atom stereocenters. The van der Waals surface area contributed by atoms with Gasteiger partial charge in [0.1, 0.15) is 30.4 Å². The second-order valence-corrected chi connectivity index (χ2v) is 19.1. The van der Waals surface area contributed by atoms with Gasteiger partial charge in [-0.3, -0.25) is 14.9 Å². The standard InChI is InChI=1S/C57H73N3O9/c1-4-6-7-8-9-10-11-12-13-30-54(63)59(40-43-25-20-24-41-22-14-15-28-47(41)43)53-39-51(58-66-3)49-36-42(23-16-18-33-61)48(29-17-19-34-62)55-50-38-46(68-45-27-21-26-44(37-45)60(64)65)31-32-52(50)69-57(53,56(49)55)67-35-5-2/h5,14-15,20-22,24-28,31-32,36-38,42,48,53,55-56,61-62H,2,4,6-13,16-19,23,29-30,33-35,39-40H2,1,3H3/t42-,48+,53-,55+,56+,57+/m0/s1. The lowest BCUT2D eigenvalue weighted by molar-refractivity contribution is -0.384. The van der Waals surface area contributed by atoms with Gasteiger partial charge in [0.2, 0.25) is 11.7 Å². The average Bonchev–Trinajstić information content (AvgIpc) is 3.36. The highest BCUT2D eigenvalue weighted by Gasteiger charge is 2.65. The number of allylic oxidation sites excluding steroid dienone is 1. The van der Waals surface area contributed by atoms with E-state index >= 15 is 4.79 Å². The van der Waals surface area contributed by atoms with Crippen LogP contribution in [-0.4, -0.2) is 70.4 Å². The molecule has 1 fully saturated rings. The number of unbranched alkanes of at least 4 members (excludes halogenated alkanes) is 10. The number of rotatable bonds is 28. The molecule has 3 aliphatic rings. The van der Waals surface area contributed by atoms with Gasteiger partial charge in [-0.2, -0.15) is 0 Å². The lowest BCUT2D eigenvalue weighted by Gasteiger charge is -2.60. The van der Waals surface area contributed by atoms with Crippen LogP contribution in [0.2, 0.25) is 0 Å². The fraction of sp³-hybridized carbons (Fsp3) is 0.509. The van der Waals surface area contributed by atoms with Crippen LogP contribution in [0.25, 0.3) is 10.8 Å². The molecule has 0 saturated heterocycles. The first-order valence-corrected chi connectivity index (χ1v) is 25.6. The molecule has 0 spiro atoms. The summed E-state index contributed by atoms with van der Waals surface area (Å²) < 4.78 is 21.1. The van der Waals surface area contributed by atoms with Gasteiger partial charge in [-0.1, -0.05) is 137 Å². The maximum Gasteiger partial charge on any atom is 0.273 e. The minimum absolute atomic E-state index is 0.0122. The van der Waals surface area contributed by atoms with Crippen LogP contribution in [0, 0.1) is 27.9 Å². The van der Waals surface area contributed by atoms with Crippen molar-refractivity contribution in [2.45, 2.75) is 140 Å². The van der Waals surface area contributed by atoms with E-state index in [1.807, 2.05) is 35.2 Å². The molecule has 2 N–H and O–H groups in total. The van der Waals surface area contributed by atoms with Gasteiger partial charge in [-0.25, -0.2) is 0 Å². The van der Waals surface area contributed by atoms with Gasteiger partial charge in [-0.05, 0) is 90.1 Å². The van der Waals surface area contributed by atoms with Gasteiger partial charge < -0.3 is 34.2 Å². The summed E-state index contributed by atoms with van der Waals surface area (Å²) in [5.41, 5.74) is 3.51. The van der Waals surface area contributed by atoms with Crippen molar-refractivity contribution in [1.29, 1.82) is 0 Å². The van der Waals surface area contributed by atoms with Crippen molar-refractivity contribution < 1.29 is 39.0 Å². The summed E-state index contributed by atoms with van der Waals surface area (Å²) in [7, 11) is 1.56. The highest BCUT2D eigenvalue weighted by Crippen LogP contribution is 2.62. The van der Waals surface area contributed by atoms with E-state index in [2.05, 4.69) is 49.9 Å². The Morgan fingerprint density at radius 2 is 1.59 bits per heavy atom. The molecular weight excluding hydrogens is 871 g/mol.